The van der Waals surface area contributed by atoms with Crippen molar-refractivity contribution in [1.82, 2.24) is 39.5 Å². The summed E-state index contributed by atoms with van der Waals surface area (Å²) in [6.07, 6.45) is 0.150. The lowest BCUT2D eigenvalue weighted by molar-refractivity contribution is 0.169. The van der Waals surface area contributed by atoms with Crippen molar-refractivity contribution < 1.29 is 19.1 Å². The zero-order valence-electron chi connectivity index (χ0n) is 15.8. The monoisotopic (exact) mass is 690 g/mol. The molecule has 31 heavy (non-hydrogen) atoms. The van der Waals surface area contributed by atoms with Crippen LogP contribution in [0.15, 0.2) is 6.20 Å². The first-order valence-corrected chi connectivity index (χ1v) is 10.9. The van der Waals surface area contributed by atoms with E-state index in [4.69, 9.17) is 23.2 Å². The van der Waals surface area contributed by atoms with Gasteiger partial charge in [0, 0.05) is 0 Å². The molecule has 4 aromatic rings. The van der Waals surface area contributed by atoms with Crippen LogP contribution in [-0.4, -0.2) is 65.9 Å². The number of aromatic nitrogens is 8. The van der Waals surface area contributed by atoms with Crippen molar-refractivity contribution in [2.75, 3.05) is 14.2 Å². The number of halogens is 4. The van der Waals surface area contributed by atoms with Crippen molar-refractivity contribution in [3.63, 3.8) is 0 Å². The van der Waals surface area contributed by atoms with Crippen molar-refractivity contribution in [2.45, 2.75) is 6.92 Å². The number of methoxy groups -OCH3 is 2. The van der Waals surface area contributed by atoms with Crippen molar-refractivity contribution in [3.05, 3.63) is 29.6 Å². The summed E-state index contributed by atoms with van der Waals surface area (Å²) >= 11 is 15.5. The molecular weight excluding hydrogens is 681 g/mol. The maximum atomic E-state index is 11.4. The highest BCUT2D eigenvalue weighted by Crippen LogP contribution is 2.21. The fraction of sp³-hybridized carbons (Fsp3) is 0.200. The second-order valence-corrected chi connectivity index (χ2v) is 8.27. The normalized spacial score (nSPS) is 10.7. The van der Waals surface area contributed by atoms with Gasteiger partial charge in [0.25, 0.3) is 0 Å². The molecule has 0 aliphatic rings. The van der Waals surface area contributed by atoms with Crippen molar-refractivity contribution in [2.24, 2.45) is 0 Å². The van der Waals surface area contributed by atoms with Gasteiger partial charge in [0.1, 0.15) is 16.2 Å². The lowest BCUT2D eigenvalue weighted by atomic mass is 10.4. The fourth-order valence-corrected chi connectivity index (χ4v) is 3.65. The molecule has 0 atom stereocenters. The molecule has 0 saturated heterocycles. The molecule has 0 amide bonds. The van der Waals surface area contributed by atoms with Gasteiger partial charge in [0.15, 0.2) is 23.8 Å². The molecule has 0 aromatic carbocycles. The number of nitrogens with zero attached hydrogens (tertiary/aromatic N) is 8. The van der Waals surface area contributed by atoms with Crippen LogP contribution in [0.25, 0.3) is 22.3 Å². The average molecular weight is 691 g/mol. The van der Waals surface area contributed by atoms with Gasteiger partial charge in [0.05, 0.1) is 26.1 Å². The quantitative estimate of drug-likeness (QED) is 0.251. The van der Waals surface area contributed by atoms with Gasteiger partial charge in [-0.25, -0.2) is 29.5 Å². The summed E-state index contributed by atoms with van der Waals surface area (Å²) in [5.74, 6) is 0. The van der Waals surface area contributed by atoms with E-state index in [1.54, 1.807) is 6.92 Å². The Bertz CT molecular complexity index is 1330. The molecule has 0 aliphatic carbocycles. The van der Waals surface area contributed by atoms with Gasteiger partial charge in [-0.15, -0.1) is 9.36 Å². The number of carbonyl (C=O) groups is 2. The maximum Gasteiger partial charge on any atom is 0.436 e. The second-order valence-electron chi connectivity index (χ2n) is 5.48. The Balaban J connectivity index is 0.000000176. The van der Waals surface area contributed by atoms with Crippen LogP contribution >= 0.6 is 68.4 Å². The molecule has 0 spiro atoms. The van der Waals surface area contributed by atoms with Gasteiger partial charge in [-0.2, -0.15) is 10.2 Å². The van der Waals surface area contributed by atoms with E-state index in [0.717, 1.165) is 9.36 Å². The maximum absolute atomic E-state index is 11.4. The lowest BCUT2D eigenvalue weighted by Gasteiger charge is -1.99. The third-order valence-corrected chi connectivity index (χ3v) is 5.57. The van der Waals surface area contributed by atoms with Gasteiger partial charge in [-0.3, -0.25) is 0 Å². The Morgan fingerprint density at radius 3 is 1.97 bits per heavy atom. The Kier molecular flexibility index (Phi) is 7.43. The molecule has 0 saturated carbocycles. The first-order chi connectivity index (χ1) is 14.7. The molecule has 0 radical (unpaired) electrons. The molecule has 162 valence electrons. The van der Waals surface area contributed by atoms with Crippen molar-refractivity contribution >= 4 is 103 Å². The molecule has 16 heteroatoms. The zero-order valence-corrected chi connectivity index (χ0v) is 21.6. The molecule has 0 bridgehead atoms. The number of aryl methyl sites for hydroxylation is 1. The number of hydrogen-bond acceptors (Lipinski definition) is 10. The topological polar surface area (TPSA) is 140 Å². The van der Waals surface area contributed by atoms with Gasteiger partial charge in [0.2, 0.25) is 0 Å². The Hall–Kier alpha value is -1.92. The van der Waals surface area contributed by atoms with E-state index in [2.05, 4.69) is 39.6 Å². The number of rotatable bonds is 0. The lowest BCUT2D eigenvalue weighted by Crippen LogP contribution is -2.13. The van der Waals surface area contributed by atoms with Crippen molar-refractivity contribution in [3.8, 4) is 0 Å². The summed E-state index contributed by atoms with van der Waals surface area (Å²) < 4.78 is 12.3. The molecule has 0 N–H and O–H groups in total. The summed E-state index contributed by atoms with van der Waals surface area (Å²) in [4.78, 5) is 39.0. The molecule has 0 unspecified atom stereocenters. The highest BCUT2D eigenvalue weighted by molar-refractivity contribution is 14.1. The molecule has 0 fully saturated rings. The van der Waals surface area contributed by atoms with E-state index in [-0.39, 0.29) is 10.3 Å². The van der Waals surface area contributed by atoms with E-state index in [1.807, 2.05) is 45.2 Å². The predicted molar refractivity (Wildman–Crippen MR) is 126 cm³/mol. The minimum absolute atomic E-state index is 0.198. The van der Waals surface area contributed by atoms with E-state index in [9.17, 15) is 9.59 Å². The van der Waals surface area contributed by atoms with Gasteiger partial charge in [-0.1, -0.05) is 23.2 Å². The van der Waals surface area contributed by atoms with Crippen LogP contribution < -0.4 is 0 Å². The molecule has 12 nitrogen and oxygen atoms in total. The summed E-state index contributed by atoms with van der Waals surface area (Å²) in [6, 6.07) is 0. The van der Waals surface area contributed by atoms with Crippen LogP contribution in [0.5, 0.6) is 0 Å². The highest BCUT2D eigenvalue weighted by Gasteiger charge is 2.19. The second kappa shape index (κ2) is 9.70. The standard InChI is InChI=1S/C8H6ClIN4O2.C7H4ClIN4O2/c1-3-5(9)12-7-4(11-3)6(10)13-14(7)8(15)16-2;1-15-7(14)13-6-4(5(9)12-13)10-2-3(8)11-6/h1-2H3;2H,1H3. The highest BCUT2D eigenvalue weighted by atomic mass is 127. The summed E-state index contributed by atoms with van der Waals surface area (Å²) in [6.45, 7) is 1.74. The molecule has 0 aliphatic heterocycles. The van der Waals surface area contributed by atoms with E-state index < -0.39 is 12.2 Å². The zero-order chi connectivity index (χ0) is 22.9. The van der Waals surface area contributed by atoms with Crippen LogP contribution in [-0.2, 0) is 9.47 Å². The predicted octanol–water partition coefficient (Wildman–Crippen LogP) is 3.71. The van der Waals surface area contributed by atoms with Crippen molar-refractivity contribution in [1.29, 1.82) is 0 Å². The largest absolute Gasteiger partial charge is 0.451 e. The third-order valence-electron chi connectivity index (χ3n) is 3.58. The van der Waals surface area contributed by atoms with Crippen LogP contribution in [0.2, 0.25) is 10.3 Å². The Labute approximate surface area is 210 Å². The van der Waals surface area contributed by atoms with Gasteiger partial charge in [-0.05, 0) is 52.1 Å². The van der Waals surface area contributed by atoms with Crippen LogP contribution in [0.3, 0.4) is 0 Å². The fourth-order valence-electron chi connectivity index (χ4n) is 2.22. The average Bonchev–Trinajstić information content (AvgIpc) is 3.24. The SMILES string of the molecule is COC(=O)n1nc(I)c2nc(C)c(Cl)nc21.COC(=O)n1nc(I)c2ncc(Cl)nc21. The Morgan fingerprint density at radius 2 is 1.42 bits per heavy atom. The number of fused-ring (bicyclic) bond motifs is 2. The van der Waals surface area contributed by atoms with E-state index >= 15 is 0 Å². The number of carbonyl (C=O) groups excluding carboxylic acids is 2. The van der Waals surface area contributed by atoms with E-state index in [1.165, 1.54) is 20.4 Å². The number of hydrogen-bond donors (Lipinski definition) is 0. The van der Waals surface area contributed by atoms with Crippen LogP contribution in [0, 0.1) is 14.3 Å². The van der Waals surface area contributed by atoms with Crippen LogP contribution in [0.1, 0.15) is 5.69 Å². The first-order valence-electron chi connectivity index (χ1n) is 7.99. The van der Waals surface area contributed by atoms with E-state index in [0.29, 0.717) is 35.4 Å². The molecular formula is C15H10Cl2I2N8O4. The number of ether oxygens (including phenoxy) is 2. The summed E-state index contributed by atoms with van der Waals surface area (Å²) in [5, 5.41) is 8.38. The first kappa shape index (κ1) is 23.7. The van der Waals surface area contributed by atoms with Gasteiger partial charge >= 0.3 is 12.2 Å². The third kappa shape index (κ3) is 4.80. The smallest absolute Gasteiger partial charge is 0.436 e. The molecule has 4 aromatic heterocycles. The van der Waals surface area contributed by atoms with Gasteiger partial charge < -0.3 is 9.47 Å². The minimum atomic E-state index is -0.625. The molecule has 4 heterocycles. The summed E-state index contributed by atoms with van der Waals surface area (Å²) in [7, 11) is 2.53. The minimum Gasteiger partial charge on any atom is -0.451 e. The molecule has 4 rings (SSSR count). The summed E-state index contributed by atoms with van der Waals surface area (Å²) in [5.41, 5.74) is 2.24. The Morgan fingerprint density at radius 1 is 0.903 bits per heavy atom. The van der Waals surface area contributed by atoms with Crippen LogP contribution in [0.4, 0.5) is 9.59 Å².